The van der Waals surface area contributed by atoms with Crippen molar-refractivity contribution in [2.45, 2.75) is 0 Å². The number of hydrogen-bond donors (Lipinski definition) is 0. The van der Waals surface area contributed by atoms with Crippen molar-refractivity contribution in [1.82, 2.24) is 0 Å². The van der Waals surface area contributed by atoms with E-state index in [4.69, 9.17) is 0 Å². The SMILES string of the molecule is [Cd].[Cu].[Fe].[Sn]. The van der Waals surface area contributed by atoms with E-state index in [0.29, 0.717) is 0 Å². The van der Waals surface area contributed by atoms with E-state index in [1.807, 2.05) is 0 Å². The van der Waals surface area contributed by atoms with Crippen molar-refractivity contribution in [2.75, 3.05) is 0 Å². The van der Waals surface area contributed by atoms with E-state index in [0.717, 1.165) is 0 Å². The molecule has 0 aromatic rings. The maximum atomic E-state index is 0. The van der Waals surface area contributed by atoms with Gasteiger partial charge in [0.25, 0.3) is 0 Å². The molecule has 0 aromatic carbocycles. The largest absolute Gasteiger partial charge is 0 e. The Morgan fingerprint density at radius 2 is 1.00 bits per heavy atom. The van der Waals surface area contributed by atoms with E-state index in [9.17, 15) is 0 Å². The maximum Gasteiger partial charge on any atom is 0 e. The molecule has 5 radical (unpaired) electrons. The van der Waals surface area contributed by atoms with Crippen LogP contribution < -0.4 is 0 Å². The van der Waals surface area contributed by atoms with Crippen LogP contribution in [0.2, 0.25) is 0 Å². The zero-order valence-electron chi connectivity index (χ0n) is 1.86. The van der Waals surface area contributed by atoms with Crippen molar-refractivity contribution in [2.24, 2.45) is 0 Å². The zero-order valence-corrected chi connectivity index (χ0v) is 10.8. The maximum absolute atomic E-state index is 0. The molecule has 0 rings (SSSR count). The molecule has 0 saturated heterocycles. The molecule has 0 N–H and O–H groups in total. The molecule has 0 aliphatic carbocycles. The second-order valence-electron chi connectivity index (χ2n) is 0. The summed E-state index contributed by atoms with van der Waals surface area (Å²) in [5.41, 5.74) is 0. The minimum Gasteiger partial charge on any atom is 0 e. The Kier molecular flexibility index (Phi) is 126. The van der Waals surface area contributed by atoms with Crippen molar-refractivity contribution < 1.29 is 61.4 Å². The summed E-state index contributed by atoms with van der Waals surface area (Å²) in [6.07, 6.45) is 0. The molecule has 0 nitrogen and oxygen atoms in total. The third-order valence-corrected chi connectivity index (χ3v) is 0. The normalized spacial score (nSPS) is 0. The molecular formula is CdCuFeSn. The van der Waals surface area contributed by atoms with Crippen molar-refractivity contribution in [1.29, 1.82) is 0 Å². The third-order valence-electron chi connectivity index (χ3n) is 0. The van der Waals surface area contributed by atoms with E-state index in [-0.39, 0.29) is 85.3 Å². The van der Waals surface area contributed by atoms with Crippen LogP contribution >= 0.6 is 0 Å². The molecule has 4 heteroatoms. The van der Waals surface area contributed by atoms with Crippen molar-refractivity contribution >= 4 is 23.9 Å². The molecule has 0 bridgehead atoms. The fourth-order valence-electron chi connectivity index (χ4n) is 0. The summed E-state index contributed by atoms with van der Waals surface area (Å²) in [7, 11) is 0. The molecule has 0 aliphatic heterocycles. The second-order valence-corrected chi connectivity index (χ2v) is 0. The average Bonchev–Trinajstić information content (AvgIpc) is 0. The zero-order chi connectivity index (χ0) is 0. The molecule has 0 aliphatic rings. The summed E-state index contributed by atoms with van der Waals surface area (Å²) in [6.45, 7) is 0. The summed E-state index contributed by atoms with van der Waals surface area (Å²) < 4.78 is 0. The van der Waals surface area contributed by atoms with Gasteiger partial charge in [0, 0.05) is 85.3 Å². The van der Waals surface area contributed by atoms with Gasteiger partial charge in [-0.3, -0.25) is 0 Å². The first kappa shape index (κ1) is 29.4. The molecule has 0 fully saturated rings. The monoisotopic (exact) mass is 353 g/mol. The van der Waals surface area contributed by atoms with Gasteiger partial charge < -0.3 is 0 Å². The minimum absolute atomic E-state index is 0. The van der Waals surface area contributed by atoms with Crippen LogP contribution in [0.1, 0.15) is 0 Å². The van der Waals surface area contributed by atoms with Gasteiger partial charge in [-0.1, -0.05) is 0 Å². The van der Waals surface area contributed by atoms with Crippen LogP contribution in [-0.4, -0.2) is 23.9 Å². The molecular weight excluding hydrogens is 351 g/mol. The van der Waals surface area contributed by atoms with Crippen LogP contribution in [0.4, 0.5) is 0 Å². The van der Waals surface area contributed by atoms with Crippen LogP contribution in [0.15, 0.2) is 0 Å². The Morgan fingerprint density at radius 1 is 1.00 bits per heavy atom. The van der Waals surface area contributed by atoms with Gasteiger partial charge >= 0.3 is 0 Å². The third kappa shape index (κ3) is 8.83. The first-order valence-corrected chi connectivity index (χ1v) is 0. The standard InChI is InChI=1S/Cd.Cu.Fe.Sn. The predicted octanol–water partition coefficient (Wildman–Crippen LogP) is -0.388. The molecule has 0 amide bonds. The Morgan fingerprint density at radius 3 is 1.00 bits per heavy atom. The van der Waals surface area contributed by atoms with E-state index in [2.05, 4.69) is 0 Å². The molecule has 4 heavy (non-hydrogen) atoms. The van der Waals surface area contributed by atoms with Gasteiger partial charge in [0.15, 0.2) is 0 Å². The van der Waals surface area contributed by atoms with Gasteiger partial charge in [0.1, 0.15) is 0 Å². The molecule has 0 aromatic heterocycles. The molecule has 0 atom stereocenters. The van der Waals surface area contributed by atoms with Gasteiger partial charge in [-0.25, -0.2) is 0 Å². The van der Waals surface area contributed by atoms with Gasteiger partial charge in [-0.05, 0) is 0 Å². The summed E-state index contributed by atoms with van der Waals surface area (Å²) in [6, 6.07) is 0. The smallest absolute Gasteiger partial charge is 0 e. The predicted molar refractivity (Wildman–Crippen MR) is 5.75 cm³/mol. The summed E-state index contributed by atoms with van der Waals surface area (Å²) in [5.74, 6) is 0. The Labute approximate surface area is 83.9 Å². The van der Waals surface area contributed by atoms with E-state index < -0.39 is 0 Å². The molecule has 0 unspecified atom stereocenters. The Balaban J connectivity index is 0. The van der Waals surface area contributed by atoms with Crippen LogP contribution in [0.5, 0.6) is 0 Å². The topological polar surface area (TPSA) is 0 Å². The van der Waals surface area contributed by atoms with Crippen LogP contribution in [0.3, 0.4) is 0 Å². The van der Waals surface area contributed by atoms with Crippen LogP contribution in [0.25, 0.3) is 0 Å². The van der Waals surface area contributed by atoms with Crippen molar-refractivity contribution in [3.05, 3.63) is 0 Å². The van der Waals surface area contributed by atoms with Crippen molar-refractivity contribution in [3.63, 3.8) is 0 Å². The fraction of sp³-hybridized carbons (Fsp3) is 0. The van der Waals surface area contributed by atoms with Gasteiger partial charge in [0.2, 0.25) is 0 Å². The van der Waals surface area contributed by atoms with Crippen LogP contribution in [0, 0.1) is 0 Å². The molecule has 0 saturated carbocycles. The van der Waals surface area contributed by atoms with Gasteiger partial charge in [-0.15, -0.1) is 0 Å². The summed E-state index contributed by atoms with van der Waals surface area (Å²) >= 11 is 0. The van der Waals surface area contributed by atoms with Gasteiger partial charge in [-0.2, -0.15) is 0 Å². The Hall–Kier alpha value is 2.76. The first-order valence-electron chi connectivity index (χ1n) is 0. The quantitative estimate of drug-likeness (QED) is 0.522. The minimum atomic E-state index is 0. The fourth-order valence-corrected chi connectivity index (χ4v) is 0. The average molecular weight is 351 g/mol. The van der Waals surface area contributed by atoms with E-state index in [1.54, 1.807) is 0 Å². The van der Waals surface area contributed by atoms with Crippen molar-refractivity contribution in [3.8, 4) is 0 Å². The van der Waals surface area contributed by atoms with E-state index in [1.165, 1.54) is 0 Å². The second kappa shape index (κ2) is 17.1. The van der Waals surface area contributed by atoms with E-state index >= 15 is 0 Å². The van der Waals surface area contributed by atoms with Gasteiger partial charge in [0.05, 0.1) is 0 Å². The number of rotatable bonds is 0. The first-order chi connectivity index (χ1) is 0. The Bertz CT molecular complexity index is 8.00. The molecule has 0 heterocycles. The molecule has 0 spiro atoms. The number of hydrogen-bond acceptors (Lipinski definition) is 0. The summed E-state index contributed by atoms with van der Waals surface area (Å²) in [5, 5.41) is 0. The van der Waals surface area contributed by atoms with Crippen LogP contribution in [-0.2, 0) is 61.4 Å². The molecule has 25 valence electrons. The summed E-state index contributed by atoms with van der Waals surface area (Å²) in [4.78, 5) is 0.